The van der Waals surface area contributed by atoms with Crippen molar-refractivity contribution in [1.82, 2.24) is 9.71 Å². The summed E-state index contributed by atoms with van der Waals surface area (Å²) in [5, 5.41) is 0. The lowest BCUT2D eigenvalue weighted by Crippen LogP contribution is -2.41. The average Bonchev–Trinajstić information content (AvgIpc) is 2.48. The van der Waals surface area contributed by atoms with E-state index in [2.05, 4.69) is 9.71 Å². The Morgan fingerprint density at radius 2 is 2.13 bits per heavy atom. The molecule has 6 nitrogen and oxygen atoms in total. The first-order valence-electron chi connectivity index (χ1n) is 7.28. The van der Waals surface area contributed by atoms with Gasteiger partial charge in [-0.3, -0.25) is 4.98 Å². The smallest absolute Gasteiger partial charge is 0.242 e. The van der Waals surface area contributed by atoms with Crippen molar-refractivity contribution in [1.29, 1.82) is 0 Å². The summed E-state index contributed by atoms with van der Waals surface area (Å²) in [7, 11) is -3.67. The van der Waals surface area contributed by atoms with Crippen LogP contribution in [0.2, 0.25) is 0 Å². The quantitative estimate of drug-likeness (QED) is 0.840. The number of fused-ring (bicyclic) bond motifs is 1. The van der Waals surface area contributed by atoms with E-state index in [1.54, 1.807) is 24.3 Å². The molecule has 0 amide bonds. The minimum Gasteiger partial charge on any atom is -0.487 e. The normalized spacial score (nSPS) is 19.7. The van der Waals surface area contributed by atoms with Gasteiger partial charge in [-0.25, -0.2) is 13.1 Å². The number of nitrogens with zero attached hydrogens (tertiary/aromatic N) is 1. The zero-order valence-corrected chi connectivity index (χ0v) is 13.8. The minimum atomic E-state index is -3.67. The van der Waals surface area contributed by atoms with Crippen LogP contribution in [-0.2, 0) is 10.0 Å². The zero-order chi connectivity index (χ0) is 16.7. The highest BCUT2D eigenvalue weighted by Gasteiger charge is 2.36. The molecule has 122 valence electrons. The third-order valence-corrected chi connectivity index (χ3v) is 5.19. The lowest BCUT2D eigenvalue weighted by Gasteiger charge is -2.37. The fourth-order valence-electron chi connectivity index (χ4n) is 2.74. The van der Waals surface area contributed by atoms with E-state index in [1.165, 1.54) is 18.5 Å². The van der Waals surface area contributed by atoms with Gasteiger partial charge in [0.15, 0.2) is 0 Å². The van der Waals surface area contributed by atoms with Crippen molar-refractivity contribution in [2.75, 3.05) is 5.73 Å². The summed E-state index contributed by atoms with van der Waals surface area (Å²) in [6.07, 6.45) is 3.36. The van der Waals surface area contributed by atoms with E-state index < -0.39 is 21.7 Å². The summed E-state index contributed by atoms with van der Waals surface area (Å²) in [4.78, 5) is 4.00. The molecule has 0 radical (unpaired) electrons. The number of nitrogen functional groups attached to an aromatic ring is 1. The second-order valence-corrected chi connectivity index (χ2v) is 7.94. The van der Waals surface area contributed by atoms with Gasteiger partial charge < -0.3 is 10.5 Å². The van der Waals surface area contributed by atoms with Crippen molar-refractivity contribution in [3.8, 4) is 5.75 Å². The Morgan fingerprint density at radius 3 is 2.83 bits per heavy atom. The Hall–Kier alpha value is -2.12. The number of aromatic nitrogens is 1. The SMILES string of the molecule is CC1(C)CC(NS(=O)(=O)c2cccnc2)c2cc(N)ccc2O1. The second kappa shape index (κ2) is 5.50. The van der Waals surface area contributed by atoms with Gasteiger partial charge in [-0.2, -0.15) is 0 Å². The highest BCUT2D eigenvalue weighted by Crippen LogP contribution is 2.40. The molecule has 0 fully saturated rings. The predicted octanol–water partition coefficient (Wildman–Crippen LogP) is 2.24. The van der Waals surface area contributed by atoms with Gasteiger partial charge in [0, 0.05) is 30.1 Å². The van der Waals surface area contributed by atoms with Gasteiger partial charge in [-0.05, 0) is 44.2 Å². The van der Waals surface area contributed by atoms with E-state index >= 15 is 0 Å². The van der Waals surface area contributed by atoms with Crippen LogP contribution >= 0.6 is 0 Å². The third-order valence-electron chi connectivity index (χ3n) is 3.73. The number of rotatable bonds is 3. The summed E-state index contributed by atoms with van der Waals surface area (Å²) in [5.74, 6) is 0.648. The number of nitrogens with one attached hydrogen (secondary N) is 1. The predicted molar refractivity (Wildman–Crippen MR) is 87.5 cm³/mol. The first-order chi connectivity index (χ1) is 10.8. The summed E-state index contributed by atoms with van der Waals surface area (Å²) in [6, 6.07) is 7.96. The van der Waals surface area contributed by atoms with Crippen LogP contribution in [0, 0.1) is 0 Å². The monoisotopic (exact) mass is 333 g/mol. The van der Waals surface area contributed by atoms with E-state index in [0.29, 0.717) is 17.9 Å². The van der Waals surface area contributed by atoms with Crippen molar-refractivity contribution < 1.29 is 13.2 Å². The highest BCUT2D eigenvalue weighted by atomic mass is 32.2. The van der Waals surface area contributed by atoms with Crippen molar-refractivity contribution >= 4 is 15.7 Å². The lowest BCUT2D eigenvalue weighted by atomic mass is 9.90. The Morgan fingerprint density at radius 1 is 1.35 bits per heavy atom. The van der Waals surface area contributed by atoms with Crippen LogP contribution in [-0.4, -0.2) is 19.0 Å². The maximum Gasteiger partial charge on any atom is 0.242 e. The number of benzene rings is 1. The van der Waals surface area contributed by atoms with Gasteiger partial charge in [0.2, 0.25) is 10.0 Å². The Kier molecular flexibility index (Phi) is 3.77. The van der Waals surface area contributed by atoms with Gasteiger partial charge in [-0.15, -0.1) is 0 Å². The molecular formula is C16H19N3O3S. The van der Waals surface area contributed by atoms with Gasteiger partial charge >= 0.3 is 0 Å². The summed E-state index contributed by atoms with van der Waals surface area (Å²) >= 11 is 0. The molecule has 7 heteroatoms. The number of anilines is 1. The molecule has 2 aromatic rings. The van der Waals surface area contributed by atoms with Gasteiger partial charge in [0.1, 0.15) is 16.2 Å². The molecule has 1 unspecified atom stereocenters. The van der Waals surface area contributed by atoms with Gasteiger partial charge in [-0.1, -0.05) is 0 Å². The molecule has 0 saturated carbocycles. The highest BCUT2D eigenvalue weighted by molar-refractivity contribution is 7.89. The standard InChI is InChI=1S/C16H19N3O3S/c1-16(2)9-14(13-8-11(17)5-6-15(13)22-16)19-23(20,21)12-4-3-7-18-10-12/h3-8,10,14,19H,9,17H2,1-2H3. The maximum atomic E-state index is 12.6. The van der Waals surface area contributed by atoms with Crippen LogP contribution in [0.4, 0.5) is 5.69 Å². The van der Waals surface area contributed by atoms with E-state index in [9.17, 15) is 8.42 Å². The van der Waals surface area contributed by atoms with E-state index in [-0.39, 0.29) is 4.90 Å². The lowest BCUT2D eigenvalue weighted by molar-refractivity contribution is 0.0702. The number of pyridine rings is 1. The molecule has 0 saturated heterocycles. The van der Waals surface area contributed by atoms with Crippen molar-refractivity contribution in [3.05, 3.63) is 48.3 Å². The van der Waals surface area contributed by atoms with Gasteiger partial charge in [0.05, 0.1) is 6.04 Å². The number of hydrogen-bond donors (Lipinski definition) is 2. The fourth-order valence-corrected chi connectivity index (χ4v) is 3.92. The summed E-state index contributed by atoms with van der Waals surface area (Å²) in [6.45, 7) is 3.86. The number of sulfonamides is 1. The largest absolute Gasteiger partial charge is 0.487 e. The second-order valence-electron chi connectivity index (χ2n) is 6.23. The first-order valence-corrected chi connectivity index (χ1v) is 8.76. The number of nitrogens with two attached hydrogens (primary N) is 1. The minimum absolute atomic E-state index is 0.134. The molecular weight excluding hydrogens is 314 g/mol. The van der Waals surface area contributed by atoms with Crippen LogP contribution in [0.25, 0.3) is 0 Å². The van der Waals surface area contributed by atoms with Crippen LogP contribution in [0.5, 0.6) is 5.75 Å². The van der Waals surface area contributed by atoms with Crippen molar-refractivity contribution in [2.24, 2.45) is 0 Å². The molecule has 1 aromatic heterocycles. The Bertz CT molecular complexity index is 820. The first kappa shape index (κ1) is 15.8. The molecule has 1 aromatic carbocycles. The van der Waals surface area contributed by atoms with Crippen LogP contribution in [0.15, 0.2) is 47.6 Å². The van der Waals surface area contributed by atoms with Crippen LogP contribution in [0.1, 0.15) is 31.9 Å². The number of ether oxygens (including phenoxy) is 1. The summed E-state index contributed by atoms with van der Waals surface area (Å²) in [5.41, 5.74) is 6.68. The number of hydrogen-bond acceptors (Lipinski definition) is 5. The molecule has 1 aliphatic rings. The molecule has 1 aliphatic heterocycles. The third kappa shape index (κ3) is 3.30. The molecule has 0 spiro atoms. The molecule has 0 aliphatic carbocycles. The van der Waals surface area contributed by atoms with Gasteiger partial charge in [0.25, 0.3) is 0 Å². The molecule has 3 N–H and O–H groups in total. The molecule has 2 heterocycles. The molecule has 23 heavy (non-hydrogen) atoms. The van der Waals surface area contributed by atoms with E-state index in [0.717, 1.165) is 5.56 Å². The van der Waals surface area contributed by atoms with E-state index in [4.69, 9.17) is 10.5 Å². The van der Waals surface area contributed by atoms with E-state index in [1.807, 2.05) is 13.8 Å². The maximum absolute atomic E-state index is 12.6. The average molecular weight is 333 g/mol. The van der Waals surface area contributed by atoms with Crippen LogP contribution < -0.4 is 15.2 Å². The molecule has 1 atom stereocenters. The Labute approximate surface area is 135 Å². The van der Waals surface area contributed by atoms with Crippen molar-refractivity contribution in [3.63, 3.8) is 0 Å². The fraction of sp³-hybridized carbons (Fsp3) is 0.312. The molecule has 0 bridgehead atoms. The Balaban J connectivity index is 1.98. The summed E-state index contributed by atoms with van der Waals surface area (Å²) < 4.78 is 33.8. The zero-order valence-electron chi connectivity index (χ0n) is 13.0. The topological polar surface area (TPSA) is 94.3 Å². The van der Waals surface area contributed by atoms with Crippen LogP contribution in [0.3, 0.4) is 0 Å². The molecule has 3 rings (SSSR count). The van der Waals surface area contributed by atoms with Crippen molar-refractivity contribution in [2.45, 2.75) is 36.8 Å².